The Kier molecular flexibility index (Phi) is 5.80. The molecule has 1 aromatic carbocycles. The number of unbranched alkanes of at least 4 members (excludes halogenated alkanes) is 1. The Balaban J connectivity index is 1.88. The Labute approximate surface area is 128 Å². The maximum Gasteiger partial charge on any atom is 0.227 e. The Morgan fingerprint density at radius 2 is 1.86 bits per heavy atom. The number of anilines is 1. The SMILES string of the molecule is CCCCN1CCC(C(=O)Nc2c(C)cccc2C)CC1. The third kappa shape index (κ3) is 4.31. The Morgan fingerprint density at radius 3 is 2.43 bits per heavy atom. The molecule has 0 radical (unpaired) electrons. The van der Waals surface area contributed by atoms with Crippen LogP contribution in [0.15, 0.2) is 18.2 Å². The van der Waals surface area contributed by atoms with E-state index in [-0.39, 0.29) is 11.8 Å². The molecule has 1 N–H and O–H groups in total. The highest BCUT2D eigenvalue weighted by Crippen LogP contribution is 2.23. The van der Waals surface area contributed by atoms with Gasteiger partial charge in [0.05, 0.1) is 0 Å². The zero-order valence-corrected chi connectivity index (χ0v) is 13.6. The number of amides is 1. The van der Waals surface area contributed by atoms with Crippen LogP contribution in [0.2, 0.25) is 0 Å². The van der Waals surface area contributed by atoms with Crippen molar-refractivity contribution in [3.63, 3.8) is 0 Å². The summed E-state index contributed by atoms with van der Waals surface area (Å²) in [5, 5.41) is 3.15. The van der Waals surface area contributed by atoms with Crippen LogP contribution in [0.5, 0.6) is 0 Å². The van der Waals surface area contributed by atoms with Gasteiger partial charge in [-0.15, -0.1) is 0 Å². The van der Waals surface area contributed by atoms with Crippen molar-refractivity contribution in [2.45, 2.75) is 46.5 Å². The van der Waals surface area contributed by atoms with Gasteiger partial charge < -0.3 is 10.2 Å². The first-order valence-corrected chi connectivity index (χ1v) is 8.21. The predicted octanol–water partition coefficient (Wildman–Crippen LogP) is 3.75. The lowest BCUT2D eigenvalue weighted by Gasteiger charge is -2.31. The van der Waals surface area contributed by atoms with Crippen LogP contribution in [0.25, 0.3) is 0 Å². The van der Waals surface area contributed by atoms with Crippen molar-refractivity contribution in [2.24, 2.45) is 5.92 Å². The number of hydrogen-bond donors (Lipinski definition) is 1. The van der Waals surface area contributed by atoms with Crippen LogP contribution in [0.1, 0.15) is 43.7 Å². The quantitative estimate of drug-likeness (QED) is 0.895. The molecule has 1 aliphatic heterocycles. The van der Waals surface area contributed by atoms with Crippen molar-refractivity contribution < 1.29 is 4.79 Å². The standard InChI is InChI=1S/C18H28N2O/c1-4-5-11-20-12-9-16(10-13-20)18(21)19-17-14(2)7-6-8-15(17)3/h6-8,16H,4-5,9-13H2,1-3H3,(H,19,21). The van der Waals surface area contributed by atoms with Crippen molar-refractivity contribution in [3.05, 3.63) is 29.3 Å². The summed E-state index contributed by atoms with van der Waals surface area (Å²) < 4.78 is 0. The number of hydrogen-bond acceptors (Lipinski definition) is 2. The Morgan fingerprint density at radius 1 is 1.24 bits per heavy atom. The number of likely N-dealkylation sites (tertiary alicyclic amines) is 1. The van der Waals surface area contributed by atoms with E-state index in [9.17, 15) is 4.79 Å². The second-order valence-electron chi connectivity index (χ2n) is 6.23. The van der Waals surface area contributed by atoms with E-state index in [0.29, 0.717) is 0 Å². The van der Waals surface area contributed by atoms with Gasteiger partial charge in [-0.3, -0.25) is 4.79 Å². The maximum atomic E-state index is 12.5. The number of benzene rings is 1. The summed E-state index contributed by atoms with van der Waals surface area (Å²) in [6, 6.07) is 6.14. The smallest absolute Gasteiger partial charge is 0.227 e. The van der Waals surface area contributed by atoms with Gasteiger partial charge in [-0.2, -0.15) is 0 Å². The lowest BCUT2D eigenvalue weighted by molar-refractivity contribution is -0.121. The average Bonchev–Trinajstić information content (AvgIpc) is 2.49. The molecule has 1 saturated heterocycles. The van der Waals surface area contributed by atoms with Crippen LogP contribution >= 0.6 is 0 Å². The van der Waals surface area contributed by atoms with Crippen molar-refractivity contribution in [2.75, 3.05) is 25.0 Å². The molecule has 1 fully saturated rings. The van der Waals surface area contributed by atoms with E-state index in [0.717, 1.165) is 42.7 Å². The number of piperidine rings is 1. The van der Waals surface area contributed by atoms with E-state index in [1.807, 2.05) is 6.07 Å². The van der Waals surface area contributed by atoms with Gasteiger partial charge >= 0.3 is 0 Å². The fraction of sp³-hybridized carbons (Fsp3) is 0.611. The fourth-order valence-corrected chi connectivity index (χ4v) is 3.04. The highest BCUT2D eigenvalue weighted by molar-refractivity contribution is 5.94. The van der Waals surface area contributed by atoms with Crippen molar-refractivity contribution >= 4 is 11.6 Å². The van der Waals surface area contributed by atoms with Gasteiger partial charge in [-0.25, -0.2) is 0 Å². The molecule has 21 heavy (non-hydrogen) atoms. The summed E-state index contributed by atoms with van der Waals surface area (Å²) in [6.45, 7) is 9.63. The highest BCUT2D eigenvalue weighted by atomic mass is 16.1. The maximum absolute atomic E-state index is 12.5. The molecule has 2 rings (SSSR count). The monoisotopic (exact) mass is 288 g/mol. The van der Waals surface area contributed by atoms with Crippen LogP contribution in [0, 0.1) is 19.8 Å². The van der Waals surface area contributed by atoms with Gasteiger partial charge in [-0.05, 0) is 63.9 Å². The lowest BCUT2D eigenvalue weighted by Crippen LogP contribution is -2.38. The van der Waals surface area contributed by atoms with Gasteiger partial charge in [-0.1, -0.05) is 31.5 Å². The first kappa shape index (κ1) is 16.0. The molecule has 0 atom stereocenters. The van der Waals surface area contributed by atoms with Crippen molar-refractivity contribution in [1.82, 2.24) is 4.90 Å². The number of nitrogens with zero attached hydrogens (tertiary/aromatic N) is 1. The van der Waals surface area contributed by atoms with E-state index >= 15 is 0 Å². The molecule has 3 nitrogen and oxygen atoms in total. The molecule has 0 unspecified atom stereocenters. The molecule has 0 aromatic heterocycles. The summed E-state index contributed by atoms with van der Waals surface area (Å²) in [4.78, 5) is 15.0. The molecule has 0 spiro atoms. The third-order valence-corrected chi connectivity index (χ3v) is 4.52. The van der Waals surface area contributed by atoms with Crippen LogP contribution in [-0.4, -0.2) is 30.4 Å². The van der Waals surface area contributed by atoms with E-state index in [4.69, 9.17) is 0 Å². The second-order valence-corrected chi connectivity index (χ2v) is 6.23. The summed E-state index contributed by atoms with van der Waals surface area (Å²) in [5.74, 6) is 0.365. The number of aryl methyl sites for hydroxylation is 2. The van der Waals surface area contributed by atoms with Crippen LogP contribution in [0.4, 0.5) is 5.69 Å². The molecule has 0 bridgehead atoms. The fourth-order valence-electron chi connectivity index (χ4n) is 3.04. The minimum absolute atomic E-state index is 0.168. The largest absolute Gasteiger partial charge is 0.325 e. The molecule has 1 amide bonds. The molecule has 0 aliphatic carbocycles. The van der Waals surface area contributed by atoms with Gasteiger partial charge in [0.15, 0.2) is 0 Å². The molecular weight excluding hydrogens is 260 g/mol. The predicted molar refractivity (Wildman–Crippen MR) is 88.6 cm³/mol. The normalized spacial score (nSPS) is 16.9. The first-order valence-electron chi connectivity index (χ1n) is 8.21. The topological polar surface area (TPSA) is 32.3 Å². The number of carbonyl (C=O) groups excluding carboxylic acids is 1. The average molecular weight is 288 g/mol. The van der Waals surface area contributed by atoms with Crippen molar-refractivity contribution in [1.29, 1.82) is 0 Å². The van der Waals surface area contributed by atoms with Crippen LogP contribution in [-0.2, 0) is 4.79 Å². The van der Waals surface area contributed by atoms with E-state index in [1.165, 1.54) is 19.4 Å². The van der Waals surface area contributed by atoms with E-state index in [1.54, 1.807) is 0 Å². The zero-order chi connectivity index (χ0) is 15.2. The molecule has 116 valence electrons. The number of carbonyl (C=O) groups is 1. The van der Waals surface area contributed by atoms with Crippen LogP contribution < -0.4 is 5.32 Å². The number of para-hydroxylation sites is 1. The molecule has 1 heterocycles. The zero-order valence-electron chi connectivity index (χ0n) is 13.6. The molecule has 0 saturated carbocycles. The van der Waals surface area contributed by atoms with Gasteiger partial charge in [0, 0.05) is 11.6 Å². The Bertz CT molecular complexity index is 456. The minimum Gasteiger partial charge on any atom is -0.325 e. The minimum atomic E-state index is 0.168. The molecule has 1 aromatic rings. The Hall–Kier alpha value is -1.35. The van der Waals surface area contributed by atoms with Gasteiger partial charge in [0.2, 0.25) is 5.91 Å². The first-order chi connectivity index (χ1) is 10.1. The van der Waals surface area contributed by atoms with E-state index < -0.39 is 0 Å². The molecule has 1 aliphatic rings. The van der Waals surface area contributed by atoms with Crippen molar-refractivity contribution in [3.8, 4) is 0 Å². The second kappa shape index (κ2) is 7.60. The summed E-state index contributed by atoms with van der Waals surface area (Å²) >= 11 is 0. The van der Waals surface area contributed by atoms with Gasteiger partial charge in [0.1, 0.15) is 0 Å². The summed E-state index contributed by atoms with van der Waals surface area (Å²) in [6.07, 6.45) is 4.48. The van der Waals surface area contributed by atoms with Gasteiger partial charge in [0.25, 0.3) is 0 Å². The lowest BCUT2D eigenvalue weighted by atomic mass is 9.95. The molecular formula is C18H28N2O. The number of nitrogens with one attached hydrogen (secondary N) is 1. The van der Waals surface area contributed by atoms with E-state index in [2.05, 4.69) is 43.1 Å². The summed E-state index contributed by atoms with van der Waals surface area (Å²) in [7, 11) is 0. The number of rotatable bonds is 5. The highest BCUT2D eigenvalue weighted by Gasteiger charge is 2.25. The molecule has 3 heteroatoms. The summed E-state index contributed by atoms with van der Waals surface area (Å²) in [5.41, 5.74) is 3.28. The third-order valence-electron chi connectivity index (χ3n) is 4.52. The van der Waals surface area contributed by atoms with Crippen LogP contribution in [0.3, 0.4) is 0 Å².